The molecule has 0 aromatic heterocycles. The lowest BCUT2D eigenvalue weighted by Crippen LogP contribution is -2.64. The van der Waals surface area contributed by atoms with Crippen LogP contribution in [-0.2, 0) is 16.0 Å². The molecule has 1 fully saturated rings. The summed E-state index contributed by atoms with van der Waals surface area (Å²) in [5.74, 6) is -0.384. The van der Waals surface area contributed by atoms with Gasteiger partial charge in [0.05, 0.1) is 0 Å². The lowest BCUT2D eigenvalue weighted by atomic mass is 9.88. The van der Waals surface area contributed by atoms with E-state index in [0.717, 1.165) is 15.6 Å². The van der Waals surface area contributed by atoms with Crippen LogP contribution in [0.3, 0.4) is 0 Å². The third-order valence-electron chi connectivity index (χ3n) is 4.36. The van der Waals surface area contributed by atoms with Crippen molar-refractivity contribution in [3.05, 3.63) is 75.9 Å². The van der Waals surface area contributed by atoms with Gasteiger partial charge in [-0.2, -0.15) is 0 Å². The molecular formula is C20H19BrN2O2. The molecule has 5 heteroatoms. The van der Waals surface area contributed by atoms with Crippen molar-refractivity contribution in [2.45, 2.75) is 18.9 Å². The van der Waals surface area contributed by atoms with Gasteiger partial charge in [0.25, 0.3) is 11.8 Å². The molecule has 0 saturated carbocycles. The van der Waals surface area contributed by atoms with Crippen LogP contribution in [0.25, 0.3) is 6.08 Å². The summed E-state index contributed by atoms with van der Waals surface area (Å²) in [6.07, 6.45) is 2.17. The second-order valence-electron chi connectivity index (χ2n) is 6.36. The van der Waals surface area contributed by atoms with Crippen molar-refractivity contribution in [3.63, 3.8) is 0 Å². The predicted molar refractivity (Wildman–Crippen MR) is 102 cm³/mol. The minimum Gasteiger partial charge on any atom is -0.336 e. The van der Waals surface area contributed by atoms with E-state index in [4.69, 9.17) is 0 Å². The van der Waals surface area contributed by atoms with Crippen molar-refractivity contribution < 1.29 is 9.59 Å². The van der Waals surface area contributed by atoms with E-state index in [-0.39, 0.29) is 11.8 Å². The largest absolute Gasteiger partial charge is 0.336 e. The molecule has 2 amide bonds. The van der Waals surface area contributed by atoms with Crippen molar-refractivity contribution in [1.82, 2.24) is 10.2 Å². The lowest BCUT2D eigenvalue weighted by molar-refractivity contribution is -0.143. The fourth-order valence-corrected chi connectivity index (χ4v) is 3.42. The molecule has 1 heterocycles. The Hall–Kier alpha value is -2.40. The number of benzene rings is 2. The summed E-state index contributed by atoms with van der Waals surface area (Å²) in [5, 5.41) is 2.90. The van der Waals surface area contributed by atoms with E-state index >= 15 is 0 Å². The van der Waals surface area contributed by atoms with Crippen LogP contribution < -0.4 is 5.32 Å². The van der Waals surface area contributed by atoms with Gasteiger partial charge < -0.3 is 10.2 Å². The molecule has 1 aliphatic heterocycles. The number of amides is 2. The SMILES string of the molecule is CN1C(=O)C(C)(Cc2ccccc2)NC(=O)C1=Cc1ccccc1Br. The Kier molecular flexibility index (Phi) is 4.77. The molecular weight excluding hydrogens is 380 g/mol. The number of rotatable bonds is 3. The van der Waals surface area contributed by atoms with Gasteiger partial charge in [-0.05, 0) is 30.2 Å². The van der Waals surface area contributed by atoms with E-state index in [1.807, 2.05) is 54.6 Å². The first-order valence-corrected chi connectivity index (χ1v) is 8.81. The van der Waals surface area contributed by atoms with Gasteiger partial charge in [0.15, 0.2) is 0 Å². The number of halogens is 1. The van der Waals surface area contributed by atoms with Gasteiger partial charge in [0.2, 0.25) is 0 Å². The monoisotopic (exact) mass is 398 g/mol. The number of likely N-dealkylation sites (N-methyl/N-ethyl adjacent to an activating group) is 1. The Balaban J connectivity index is 1.91. The van der Waals surface area contributed by atoms with E-state index in [1.165, 1.54) is 4.90 Å². The van der Waals surface area contributed by atoms with E-state index in [1.54, 1.807) is 20.0 Å². The Labute approximate surface area is 155 Å². The van der Waals surface area contributed by atoms with Crippen LogP contribution in [0.5, 0.6) is 0 Å². The Morgan fingerprint density at radius 2 is 1.72 bits per heavy atom. The molecule has 3 rings (SSSR count). The maximum atomic E-state index is 12.9. The molecule has 0 radical (unpaired) electrons. The zero-order chi connectivity index (χ0) is 18.0. The number of nitrogens with one attached hydrogen (secondary N) is 1. The molecule has 1 saturated heterocycles. The molecule has 0 aliphatic carbocycles. The maximum absolute atomic E-state index is 12.9. The smallest absolute Gasteiger partial charge is 0.268 e. The zero-order valence-electron chi connectivity index (χ0n) is 14.1. The highest BCUT2D eigenvalue weighted by Crippen LogP contribution is 2.26. The fraction of sp³-hybridized carbons (Fsp3) is 0.200. The van der Waals surface area contributed by atoms with Crippen molar-refractivity contribution >= 4 is 33.8 Å². The molecule has 2 aromatic carbocycles. The summed E-state index contributed by atoms with van der Waals surface area (Å²) >= 11 is 3.47. The number of nitrogens with zero attached hydrogens (tertiary/aromatic N) is 1. The summed E-state index contributed by atoms with van der Waals surface area (Å²) < 4.78 is 0.869. The van der Waals surface area contributed by atoms with Gasteiger partial charge in [-0.25, -0.2) is 0 Å². The summed E-state index contributed by atoms with van der Waals surface area (Å²) in [6.45, 7) is 1.77. The van der Waals surface area contributed by atoms with Gasteiger partial charge in [-0.1, -0.05) is 64.5 Å². The molecule has 25 heavy (non-hydrogen) atoms. The highest BCUT2D eigenvalue weighted by atomic mass is 79.9. The first-order chi connectivity index (χ1) is 11.9. The summed E-state index contributed by atoms with van der Waals surface area (Å²) in [5.41, 5.74) is 1.23. The molecule has 1 N–H and O–H groups in total. The highest BCUT2D eigenvalue weighted by molar-refractivity contribution is 9.10. The molecule has 1 unspecified atom stereocenters. The summed E-state index contributed by atoms with van der Waals surface area (Å²) in [4.78, 5) is 27.1. The van der Waals surface area contributed by atoms with Crippen LogP contribution >= 0.6 is 15.9 Å². The van der Waals surface area contributed by atoms with E-state index in [2.05, 4.69) is 21.2 Å². The maximum Gasteiger partial charge on any atom is 0.268 e. The zero-order valence-corrected chi connectivity index (χ0v) is 15.7. The fourth-order valence-electron chi connectivity index (χ4n) is 3.03. The number of carbonyl (C=O) groups is 2. The van der Waals surface area contributed by atoms with Crippen molar-refractivity contribution in [2.24, 2.45) is 0 Å². The molecule has 1 aliphatic rings. The number of hydrogen-bond donors (Lipinski definition) is 1. The van der Waals surface area contributed by atoms with Gasteiger partial charge in [0, 0.05) is 17.9 Å². The molecule has 2 aromatic rings. The second-order valence-corrected chi connectivity index (χ2v) is 7.22. The molecule has 0 bridgehead atoms. The van der Waals surface area contributed by atoms with Gasteiger partial charge >= 0.3 is 0 Å². The van der Waals surface area contributed by atoms with E-state index < -0.39 is 5.54 Å². The van der Waals surface area contributed by atoms with Gasteiger partial charge in [0.1, 0.15) is 11.2 Å². The predicted octanol–water partition coefficient (Wildman–Crippen LogP) is 3.38. The average molecular weight is 399 g/mol. The first-order valence-electron chi connectivity index (χ1n) is 8.01. The van der Waals surface area contributed by atoms with Crippen LogP contribution in [0.1, 0.15) is 18.1 Å². The average Bonchev–Trinajstić information content (AvgIpc) is 2.59. The molecule has 0 spiro atoms. The van der Waals surface area contributed by atoms with Crippen molar-refractivity contribution in [3.8, 4) is 0 Å². The normalized spacial score (nSPS) is 22.2. The van der Waals surface area contributed by atoms with Gasteiger partial charge in [-0.15, -0.1) is 0 Å². The first kappa shape index (κ1) is 17.4. The quantitative estimate of drug-likeness (QED) is 0.805. The van der Waals surface area contributed by atoms with E-state index in [0.29, 0.717) is 12.1 Å². The van der Waals surface area contributed by atoms with Crippen LogP contribution in [-0.4, -0.2) is 29.3 Å². The minimum atomic E-state index is -0.960. The number of carbonyl (C=O) groups excluding carboxylic acids is 2. The molecule has 4 nitrogen and oxygen atoms in total. The molecule has 128 valence electrons. The Morgan fingerprint density at radius 1 is 1.08 bits per heavy atom. The standard InChI is InChI=1S/C20H19BrN2O2/c1-20(13-14-8-4-3-5-9-14)19(25)23(2)17(18(24)22-20)12-15-10-6-7-11-16(15)21/h3-12H,13H2,1-2H3,(H,22,24). The van der Waals surface area contributed by atoms with Crippen LogP contribution in [0.2, 0.25) is 0 Å². The second kappa shape index (κ2) is 6.84. The number of hydrogen-bond acceptors (Lipinski definition) is 2. The van der Waals surface area contributed by atoms with Crippen LogP contribution in [0.4, 0.5) is 0 Å². The summed E-state index contributed by atoms with van der Waals surface area (Å²) in [7, 11) is 1.65. The minimum absolute atomic E-state index is 0.130. The van der Waals surface area contributed by atoms with Crippen molar-refractivity contribution in [2.75, 3.05) is 7.05 Å². The third-order valence-corrected chi connectivity index (χ3v) is 5.08. The van der Waals surface area contributed by atoms with Crippen LogP contribution in [0.15, 0.2) is 64.8 Å². The molecule has 1 atom stereocenters. The van der Waals surface area contributed by atoms with Gasteiger partial charge in [-0.3, -0.25) is 9.59 Å². The highest BCUT2D eigenvalue weighted by Gasteiger charge is 2.44. The summed E-state index contributed by atoms with van der Waals surface area (Å²) in [6, 6.07) is 17.3. The Bertz CT molecular complexity index is 848. The van der Waals surface area contributed by atoms with Crippen LogP contribution in [0, 0.1) is 0 Å². The lowest BCUT2D eigenvalue weighted by Gasteiger charge is -2.39. The number of piperazine rings is 1. The topological polar surface area (TPSA) is 49.4 Å². The third kappa shape index (κ3) is 3.51. The Morgan fingerprint density at radius 3 is 2.40 bits per heavy atom. The van der Waals surface area contributed by atoms with Crippen molar-refractivity contribution in [1.29, 1.82) is 0 Å². The van der Waals surface area contributed by atoms with E-state index in [9.17, 15) is 9.59 Å².